The first-order valence-electron chi connectivity index (χ1n) is 5.40. The molecule has 4 heteroatoms. The molecular weight excluding hydrogens is 219 g/mol. The number of carbonyl (C=O) groups excluding carboxylic acids is 1. The van der Waals surface area contributed by atoms with E-state index >= 15 is 0 Å². The Hall–Kier alpha value is -1.69. The summed E-state index contributed by atoms with van der Waals surface area (Å²) in [5.74, 6) is 0. The third-order valence-electron chi connectivity index (χ3n) is 2.50. The second kappa shape index (κ2) is 6.90. The van der Waals surface area contributed by atoms with E-state index in [2.05, 4.69) is 5.32 Å². The van der Waals surface area contributed by atoms with Crippen molar-refractivity contribution in [1.29, 1.82) is 0 Å². The summed E-state index contributed by atoms with van der Waals surface area (Å²) >= 11 is 0. The van der Waals surface area contributed by atoms with E-state index in [0.29, 0.717) is 5.69 Å². The maximum absolute atomic E-state index is 10.8. The number of carbonyl (C=O) groups is 1. The van der Waals surface area contributed by atoms with Crippen molar-refractivity contribution in [2.24, 2.45) is 0 Å². The van der Waals surface area contributed by atoms with Gasteiger partial charge in [0.25, 0.3) is 0 Å². The molecule has 2 aromatic carbocycles. The van der Waals surface area contributed by atoms with Crippen LogP contribution in [-0.4, -0.2) is 6.03 Å². The molecule has 0 radical (unpaired) electrons. The fourth-order valence-corrected chi connectivity index (χ4v) is 1.73. The van der Waals surface area contributed by atoms with Gasteiger partial charge < -0.3 is 11.1 Å². The first-order chi connectivity index (χ1) is 8.25. The third kappa shape index (κ3) is 3.96. The Morgan fingerprint density at radius 3 is 2.28 bits per heavy atom. The van der Waals surface area contributed by atoms with Crippen LogP contribution in [0.4, 0.5) is 10.5 Å². The maximum atomic E-state index is 10.8. The average Bonchev–Trinajstić information content (AvgIpc) is 2.32. The number of rotatable bonds is 3. The average molecular weight is 232 g/mol. The van der Waals surface area contributed by atoms with Gasteiger partial charge in [-0.3, -0.25) is 4.79 Å². The van der Waals surface area contributed by atoms with Gasteiger partial charge in [-0.25, -0.2) is 0 Å². The van der Waals surface area contributed by atoms with E-state index in [4.69, 9.17) is 5.73 Å². The first-order valence-corrected chi connectivity index (χ1v) is 5.40. The van der Waals surface area contributed by atoms with E-state index in [1.807, 2.05) is 54.6 Å². The van der Waals surface area contributed by atoms with Crippen LogP contribution in [0.15, 0.2) is 54.6 Å². The zero-order valence-electron chi connectivity index (χ0n) is 10.3. The molecule has 0 bridgehead atoms. The van der Waals surface area contributed by atoms with Crippen LogP contribution in [0.25, 0.3) is 5.73 Å². The van der Waals surface area contributed by atoms with Gasteiger partial charge in [0.1, 0.15) is 0 Å². The molecule has 2 N–H and O–H groups in total. The minimum atomic E-state index is -0.787. The minimum Gasteiger partial charge on any atom is -0.447 e. The molecular formula is C14H13LiN2O. The van der Waals surface area contributed by atoms with E-state index in [9.17, 15) is 4.79 Å². The topological polar surface area (TPSA) is 52.9 Å². The molecule has 2 rings (SSSR count). The summed E-state index contributed by atoms with van der Waals surface area (Å²) in [5.41, 5.74) is 9.84. The summed E-state index contributed by atoms with van der Waals surface area (Å²) in [6.07, 6.45) is 0.747. The van der Waals surface area contributed by atoms with Crippen LogP contribution in [0.3, 0.4) is 0 Å². The zero-order chi connectivity index (χ0) is 12.1. The van der Waals surface area contributed by atoms with Crippen molar-refractivity contribution in [3.05, 3.63) is 71.5 Å². The number of para-hydroxylation sites is 1. The SMILES string of the molecule is [Li+].[NH-]C(=O)Nc1ccccc1Cc1ccccc1. The van der Waals surface area contributed by atoms with Gasteiger partial charge in [0.2, 0.25) is 0 Å². The maximum Gasteiger partial charge on any atom is 1.00 e. The van der Waals surface area contributed by atoms with Gasteiger partial charge in [-0.15, -0.1) is 0 Å². The van der Waals surface area contributed by atoms with Gasteiger partial charge >= 0.3 is 18.9 Å². The molecule has 2 amide bonds. The number of nitrogens with one attached hydrogen (secondary N) is 2. The first kappa shape index (κ1) is 14.4. The fraction of sp³-hybridized carbons (Fsp3) is 0.0714. The molecule has 86 valence electrons. The summed E-state index contributed by atoms with van der Waals surface area (Å²) in [6, 6.07) is 16.8. The molecule has 0 aliphatic rings. The summed E-state index contributed by atoms with van der Waals surface area (Å²) in [4.78, 5) is 10.8. The second-order valence-corrected chi connectivity index (χ2v) is 3.77. The standard InChI is InChI=1S/C14H14N2O.Li/c15-14(17)16-13-9-5-4-8-12(13)10-11-6-2-1-3-7-11;/h1-9H,10H2,(H3,15,16,17);/q;+1/p-1. The fourth-order valence-electron chi connectivity index (χ4n) is 1.73. The summed E-state index contributed by atoms with van der Waals surface area (Å²) in [7, 11) is 0. The second-order valence-electron chi connectivity index (χ2n) is 3.77. The number of hydrogen-bond acceptors (Lipinski definition) is 1. The molecule has 0 aromatic heterocycles. The third-order valence-corrected chi connectivity index (χ3v) is 2.50. The largest absolute Gasteiger partial charge is 1.00 e. The van der Waals surface area contributed by atoms with Crippen molar-refractivity contribution in [1.82, 2.24) is 0 Å². The molecule has 0 saturated carbocycles. The summed E-state index contributed by atoms with van der Waals surface area (Å²) < 4.78 is 0. The van der Waals surface area contributed by atoms with Gasteiger partial charge in [-0.05, 0) is 23.2 Å². The summed E-state index contributed by atoms with van der Waals surface area (Å²) in [6.45, 7) is 0. The predicted octanol–water partition coefficient (Wildman–Crippen LogP) is 0.865. The molecule has 0 fully saturated rings. The van der Waals surface area contributed by atoms with Crippen molar-refractivity contribution in [2.45, 2.75) is 6.42 Å². The molecule has 0 saturated heterocycles. The Morgan fingerprint density at radius 2 is 1.61 bits per heavy atom. The Kier molecular flexibility index (Phi) is 5.51. The number of hydrogen-bond donors (Lipinski definition) is 1. The molecule has 0 spiro atoms. The van der Waals surface area contributed by atoms with Crippen molar-refractivity contribution >= 4 is 11.7 Å². The molecule has 0 aliphatic heterocycles. The quantitative estimate of drug-likeness (QED) is 0.784. The van der Waals surface area contributed by atoms with Gasteiger partial charge in [-0.2, -0.15) is 0 Å². The normalized spacial score (nSPS) is 9.33. The van der Waals surface area contributed by atoms with Crippen molar-refractivity contribution in [2.75, 3.05) is 5.32 Å². The molecule has 18 heavy (non-hydrogen) atoms. The molecule has 0 heterocycles. The molecule has 2 aromatic rings. The molecule has 0 unspecified atom stereocenters. The molecule has 0 aliphatic carbocycles. The van der Waals surface area contributed by atoms with Crippen LogP contribution in [0.5, 0.6) is 0 Å². The number of amides is 2. The van der Waals surface area contributed by atoms with E-state index in [1.54, 1.807) is 0 Å². The van der Waals surface area contributed by atoms with Gasteiger partial charge in [0, 0.05) is 0 Å². The van der Waals surface area contributed by atoms with E-state index in [-0.39, 0.29) is 18.9 Å². The molecule has 3 nitrogen and oxygen atoms in total. The Bertz CT molecular complexity index is 514. The van der Waals surface area contributed by atoms with Crippen LogP contribution < -0.4 is 24.2 Å². The Morgan fingerprint density at radius 1 is 1.00 bits per heavy atom. The monoisotopic (exact) mass is 232 g/mol. The van der Waals surface area contributed by atoms with E-state index in [1.165, 1.54) is 5.56 Å². The van der Waals surface area contributed by atoms with Crippen LogP contribution in [0.2, 0.25) is 0 Å². The van der Waals surface area contributed by atoms with Gasteiger partial charge in [0.05, 0.1) is 0 Å². The van der Waals surface area contributed by atoms with E-state index < -0.39 is 6.03 Å². The number of benzene rings is 2. The zero-order valence-corrected chi connectivity index (χ0v) is 10.3. The van der Waals surface area contributed by atoms with Crippen molar-refractivity contribution in [3.63, 3.8) is 0 Å². The van der Waals surface area contributed by atoms with Crippen LogP contribution in [-0.2, 0) is 6.42 Å². The van der Waals surface area contributed by atoms with Gasteiger partial charge in [-0.1, -0.05) is 54.6 Å². The summed E-state index contributed by atoms with van der Waals surface area (Å²) in [5, 5.41) is 2.52. The van der Waals surface area contributed by atoms with Crippen LogP contribution in [0, 0.1) is 0 Å². The predicted molar refractivity (Wildman–Crippen MR) is 69.0 cm³/mol. The number of urea groups is 1. The van der Waals surface area contributed by atoms with Crippen LogP contribution >= 0.6 is 0 Å². The smallest absolute Gasteiger partial charge is 0.447 e. The van der Waals surface area contributed by atoms with E-state index in [0.717, 1.165) is 12.0 Å². The van der Waals surface area contributed by atoms with Crippen molar-refractivity contribution < 1.29 is 23.7 Å². The number of anilines is 1. The van der Waals surface area contributed by atoms with Crippen molar-refractivity contribution in [3.8, 4) is 0 Å². The van der Waals surface area contributed by atoms with Gasteiger partial charge in [0.15, 0.2) is 6.03 Å². The minimum absolute atomic E-state index is 0. The van der Waals surface area contributed by atoms with Crippen LogP contribution in [0.1, 0.15) is 11.1 Å². The molecule has 0 atom stereocenters. The Labute approximate surface area is 119 Å². The Balaban J connectivity index is 0.00000162.